The van der Waals surface area contributed by atoms with Crippen molar-refractivity contribution in [3.05, 3.63) is 67.5 Å². The highest BCUT2D eigenvalue weighted by Crippen LogP contribution is 2.37. The maximum absolute atomic E-state index is 13.0. The van der Waals surface area contributed by atoms with E-state index in [2.05, 4.69) is 20.2 Å². The molecule has 8 rings (SSSR count). The van der Waals surface area contributed by atoms with Gasteiger partial charge in [-0.2, -0.15) is 19.6 Å². The summed E-state index contributed by atoms with van der Waals surface area (Å²) in [7, 11) is 0. The van der Waals surface area contributed by atoms with Crippen LogP contribution in [-0.4, -0.2) is 41.3 Å². The van der Waals surface area contributed by atoms with Crippen LogP contribution < -0.4 is 11.5 Å². The van der Waals surface area contributed by atoms with Crippen LogP contribution in [0.4, 0.5) is 11.6 Å². The van der Waals surface area contributed by atoms with Crippen molar-refractivity contribution < 1.29 is 9.59 Å². The Morgan fingerprint density at radius 3 is 1.48 bits per heavy atom. The van der Waals surface area contributed by atoms with Crippen molar-refractivity contribution in [2.24, 2.45) is 0 Å². The number of nitrogens with two attached hydrogens (primary N) is 2. The van der Waals surface area contributed by atoms with E-state index in [4.69, 9.17) is 34.7 Å². The van der Waals surface area contributed by atoms with Crippen molar-refractivity contribution in [1.82, 2.24) is 29.5 Å². The number of hydrogen-bond acceptors (Lipinski definition) is 6. The predicted octanol–water partition coefficient (Wildman–Crippen LogP) is 6.17. The summed E-state index contributed by atoms with van der Waals surface area (Å²) in [4.78, 5) is 32.2. The van der Waals surface area contributed by atoms with Crippen LogP contribution in [-0.2, 0) is 38.5 Å². The summed E-state index contributed by atoms with van der Waals surface area (Å²) in [5, 5.41) is 10.2. The van der Waals surface area contributed by atoms with E-state index in [1.165, 1.54) is 9.36 Å². The fourth-order valence-electron chi connectivity index (χ4n) is 7.56. The number of nitrogens with one attached hydrogen (secondary N) is 2. The maximum atomic E-state index is 13.0. The summed E-state index contributed by atoms with van der Waals surface area (Å²) in [6, 6.07) is 3.75. The second-order valence-corrected chi connectivity index (χ2v) is 13.3. The van der Waals surface area contributed by atoms with Crippen molar-refractivity contribution >= 4 is 46.7 Å². The molecular weight excluding hydrogens is 599 g/mol. The van der Waals surface area contributed by atoms with Crippen molar-refractivity contribution in [1.29, 1.82) is 0 Å². The maximum Gasteiger partial charge on any atom is 0.256 e. The first-order valence-electron chi connectivity index (χ1n) is 15.9. The lowest BCUT2D eigenvalue weighted by molar-refractivity contribution is 0.0846. The molecule has 0 radical (unpaired) electrons. The number of nitrogen functional groups attached to an aromatic ring is 2. The lowest BCUT2D eigenvalue weighted by atomic mass is 9.86. The molecule has 0 aliphatic heterocycles. The van der Waals surface area contributed by atoms with Crippen LogP contribution in [0.1, 0.15) is 118 Å². The predicted molar refractivity (Wildman–Crippen MR) is 171 cm³/mol. The number of fused-ring (bicyclic) bond motifs is 4. The average molecular weight is 638 g/mol. The van der Waals surface area contributed by atoms with Gasteiger partial charge in [0.1, 0.15) is 21.9 Å². The molecule has 12 heteroatoms. The van der Waals surface area contributed by atoms with Gasteiger partial charge in [-0.15, -0.1) is 0 Å². The van der Waals surface area contributed by atoms with Crippen molar-refractivity contribution in [2.75, 3.05) is 11.5 Å². The molecule has 4 aliphatic rings. The molecule has 4 aromatic rings. The summed E-state index contributed by atoms with van der Waals surface area (Å²) >= 11 is 12.1. The van der Waals surface area contributed by atoms with Crippen LogP contribution in [0.3, 0.4) is 0 Å². The number of aromatic amines is 2. The summed E-state index contributed by atoms with van der Waals surface area (Å²) in [6.07, 6.45) is 13.7. The van der Waals surface area contributed by atoms with Gasteiger partial charge in [-0.05, 0) is 113 Å². The van der Waals surface area contributed by atoms with Gasteiger partial charge >= 0.3 is 0 Å². The van der Waals surface area contributed by atoms with Crippen molar-refractivity contribution in [3.8, 4) is 0 Å². The van der Waals surface area contributed by atoms with Gasteiger partial charge in [0.15, 0.2) is 0 Å². The number of anilines is 2. The molecule has 0 amide bonds. The molecule has 0 spiro atoms. The third-order valence-electron chi connectivity index (χ3n) is 9.80. The van der Waals surface area contributed by atoms with E-state index in [0.29, 0.717) is 21.9 Å². The zero-order valence-electron chi connectivity index (χ0n) is 24.7. The second-order valence-electron chi connectivity index (χ2n) is 12.5. The quantitative estimate of drug-likeness (QED) is 0.206. The SMILES string of the molecule is Nc1c2c(nn1C(=O)[C@@H]1CCCc3[nH]c(Cl)cc31)CCCC2.Nc1c2c(nn1C(=O)[C@H]1CCCc3[nH]c(Cl)cc31)CCCC2. The van der Waals surface area contributed by atoms with Gasteiger partial charge in [0.05, 0.1) is 23.2 Å². The molecule has 0 saturated carbocycles. The van der Waals surface area contributed by atoms with E-state index < -0.39 is 0 Å². The summed E-state index contributed by atoms with van der Waals surface area (Å²) in [5.74, 6) is 0.626. The first kappa shape index (κ1) is 29.2. The van der Waals surface area contributed by atoms with Gasteiger partial charge in [-0.3, -0.25) is 9.59 Å². The Morgan fingerprint density at radius 1 is 0.659 bits per heavy atom. The molecule has 10 nitrogen and oxygen atoms in total. The standard InChI is InChI=1S/2C16H19ClN4O/c2*17-14-8-11-9(5-3-7-12(11)19-14)16(22)21-15(18)10-4-1-2-6-13(10)20-21/h2*8-9,19H,1-7,18H2/t2*9-/m10/s1. The summed E-state index contributed by atoms with van der Waals surface area (Å²) in [6.45, 7) is 0. The molecule has 0 fully saturated rings. The van der Waals surface area contributed by atoms with Gasteiger partial charge in [0.2, 0.25) is 0 Å². The monoisotopic (exact) mass is 636 g/mol. The van der Waals surface area contributed by atoms with E-state index in [9.17, 15) is 9.59 Å². The van der Waals surface area contributed by atoms with Crippen molar-refractivity contribution in [3.63, 3.8) is 0 Å². The van der Waals surface area contributed by atoms with E-state index in [1.807, 2.05) is 12.1 Å². The first-order valence-corrected chi connectivity index (χ1v) is 16.6. The topological polar surface area (TPSA) is 153 Å². The van der Waals surface area contributed by atoms with Crippen LogP contribution in [0.2, 0.25) is 10.3 Å². The molecular formula is C32H38Cl2N8O2. The highest BCUT2D eigenvalue weighted by Gasteiger charge is 2.34. The van der Waals surface area contributed by atoms with Gasteiger partial charge in [-0.1, -0.05) is 23.2 Å². The van der Waals surface area contributed by atoms with Gasteiger partial charge < -0.3 is 21.4 Å². The van der Waals surface area contributed by atoms with Gasteiger partial charge in [0, 0.05) is 22.5 Å². The number of aryl methyl sites for hydroxylation is 4. The Kier molecular flexibility index (Phi) is 7.82. The van der Waals surface area contributed by atoms with Gasteiger partial charge in [-0.25, -0.2) is 0 Å². The molecule has 232 valence electrons. The zero-order chi connectivity index (χ0) is 30.5. The molecule has 2 atom stereocenters. The Morgan fingerprint density at radius 2 is 1.07 bits per heavy atom. The lowest BCUT2D eigenvalue weighted by Gasteiger charge is -2.21. The highest BCUT2D eigenvalue weighted by molar-refractivity contribution is 6.30. The number of halogens is 2. The molecule has 0 aromatic carbocycles. The normalized spacial score (nSPS) is 20.5. The molecule has 4 aliphatic carbocycles. The smallest absolute Gasteiger partial charge is 0.256 e. The number of H-pyrrole nitrogens is 2. The van der Waals surface area contributed by atoms with E-state index in [1.54, 1.807) is 0 Å². The van der Waals surface area contributed by atoms with Crippen LogP contribution in [0.25, 0.3) is 0 Å². The number of carbonyl (C=O) groups is 2. The van der Waals surface area contributed by atoms with Crippen LogP contribution in [0.15, 0.2) is 12.1 Å². The third-order valence-corrected chi connectivity index (χ3v) is 10.2. The Bertz CT molecular complexity index is 1620. The number of aromatic nitrogens is 6. The Labute approximate surface area is 265 Å². The van der Waals surface area contributed by atoms with Crippen LogP contribution in [0, 0.1) is 0 Å². The van der Waals surface area contributed by atoms with Crippen LogP contribution >= 0.6 is 23.2 Å². The van der Waals surface area contributed by atoms with E-state index >= 15 is 0 Å². The molecule has 6 N–H and O–H groups in total. The minimum Gasteiger partial charge on any atom is -0.383 e. The van der Waals surface area contributed by atoms with E-state index in [0.717, 1.165) is 135 Å². The fraction of sp³-hybridized carbons (Fsp3) is 0.500. The number of hydrogen-bond donors (Lipinski definition) is 4. The second kappa shape index (κ2) is 11.8. The summed E-state index contributed by atoms with van der Waals surface area (Å²) in [5.41, 5.74) is 20.7. The summed E-state index contributed by atoms with van der Waals surface area (Å²) < 4.78 is 2.88. The minimum atomic E-state index is -0.198. The molecule has 4 heterocycles. The zero-order valence-corrected chi connectivity index (χ0v) is 26.2. The molecule has 0 unspecified atom stereocenters. The number of nitrogens with zero attached hydrogens (tertiary/aromatic N) is 4. The highest BCUT2D eigenvalue weighted by atomic mass is 35.5. The van der Waals surface area contributed by atoms with Crippen LogP contribution in [0.5, 0.6) is 0 Å². The Hall–Kier alpha value is -3.50. The largest absolute Gasteiger partial charge is 0.383 e. The number of rotatable bonds is 2. The third kappa shape index (κ3) is 5.15. The fourth-order valence-corrected chi connectivity index (χ4v) is 8.03. The van der Waals surface area contributed by atoms with E-state index in [-0.39, 0.29) is 23.7 Å². The minimum absolute atomic E-state index is 0.0245. The molecule has 4 aromatic heterocycles. The number of carbonyl (C=O) groups excluding carboxylic acids is 2. The molecule has 0 saturated heterocycles. The lowest BCUT2D eigenvalue weighted by Crippen LogP contribution is -2.25. The van der Waals surface area contributed by atoms with Crippen molar-refractivity contribution in [2.45, 2.75) is 102 Å². The average Bonchev–Trinajstić information content (AvgIpc) is 3.79. The first-order chi connectivity index (χ1) is 21.3. The molecule has 44 heavy (non-hydrogen) atoms. The molecule has 0 bridgehead atoms. The Balaban J connectivity index is 0.000000142. The van der Waals surface area contributed by atoms with Gasteiger partial charge in [0.25, 0.3) is 11.8 Å².